The number of carbonyl (C=O) groups is 1. The lowest BCUT2D eigenvalue weighted by molar-refractivity contribution is -0.137. The normalized spacial score (nSPS) is 19.0. The molecule has 42 heavy (non-hydrogen) atoms. The molecule has 13 heteroatoms. The van der Waals surface area contributed by atoms with Crippen molar-refractivity contribution in [3.63, 3.8) is 0 Å². The van der Waals surface area contributed by atoms with Crippen LogP contribution in [0.4, 0.5) is 29.1 Å². The smallest absolute Gasteiger partial charge is 0.418 e. The summed E-state index contributed by atoms with van der Waals surface area (Å²) < 4.78 is 60.7. The highest BCUT2D eigenvalue weighted by Gasteiger charge is 2.38. The fourth-order valence-corrected chi connectivity index (χ4v) is 5.61. The largest absolute Gasteiger partial charge is 0.467 e. The summed E-state index contributed by atoms with van der Waals surface area (Å²) in [7, 11) is 3.55. The minimum atomic E-state index is -4.72. The fourth-order valence-electron chi connectivity index (χ4n) is 5.61. The Hall–Kier alpha value is -3.92. The topological polar surface area (TPSA) is 88.8 Å². The Bertz CT molecular complexity index is 1320. The molecule has 1 aromatic heterocycles. The number of nitrogens with zero attached hydrogens (tertiary/aromatic N) is 7. The van der Waals surface area contributed by atoms with Crippen molar-refractivity contribution in [3.8, 4) is 12.1 Å². The van der Waals surface area contributed by atoms with Crippen molar-refractivity contribution < 1.29 is 27.1 Å². The summed E-state index contributed by atoms with van der Waals surface area (Å²) in [5, 5.41) is 9.27. The number of anilines is 2. The number of likely N-dealkylation sites (tertiary alicyclic amines) is 1. The van der Waals surface area contributed by atoms with Gasteiger partial charge in [-0.15, -0.1) is 0 Å². The first-order valence-corrected chi connectivity index (χ1v) is 13.8. The Morgan fingerprint density at radius 3 is 2.50 bits per heavy atom. The first-order valence-electron chi connectivity index (χ1n) is 13.8. The molecule has 0 saturated carbocycles. The van der Waals surface area contributed by atoms with Crippen LogP contribution >= 0.6 is 0 Å². The summed E-state index contributed by atoms with van der Waals surface area (Å²) in [6, 6.07) is 4.64. The molecular weight excluding hydrogens is 554 g/mol. The Morgan fingerprint density at radius 1 is 1.17 bits per heavy atom. The number of halogens is 4. The highest BCUT2D eigenvalue weighted by molar-refractivity contribution is 5.87. The Morgan fingerprint density at radius 2 is 1.90 bits per heavy atom. The van der Waals surface area contributed by atoms with Crippen molar-refractivity contribution in [2.45, 2.75) is 44.4 Å². The predicted molar refractivity (Wildman–Crippen MR) is 150 cm³/mol. The SMILES string of the molecule is C=CC(=O)N1CCN(c2nc(OC)nc3c2CCN(c2c(F)cccc2C(F)(F)F)C3)CC1CC#N.CN1CCCC1. The molecule has 5 rings (SSSR count). The zero-order valence-electron chi connectivity index (χ0n) is 23.8. The number of methoxy groups -OCH3 is 1. The summed E-state index contributed by atoms with van der Waals surface area (Å²) in [5.41, 5.74) is -0.410. The number of nitriles is 1. The Balaban J connectivity index is 0.000000600. The van der Waals surface area contributed by atoms with Crippen molar-refractivity contribution in [1.29, 1.82) is 5.26 Å². The second-order valence-electron chi connectivity index (χ2n) is 10.5. The number of carbonyl (C=O) groups excluding carboxylic acids is 1. The minimum Gasteiger partial charge on any atom is -0.467 e. The summed E-state index contributed by atoms with van der Waals surface area (Å²) in [6.45, 7) is 7.30. The van der Waals surface area contributed by atoms with Gasteiger partial charge in [-0.3, -0.25) is 4.79 Å². The Labute approximate surface area is 243 Å². The standard InChI is InChI=1S/C24H24F4N6O2.C5H11N/c1-3-20(35)34-12-11-33(13-15(34)7-9-29)22-16-8-10-32(14-19(16)30-23(31-22)36-2)21-17(24(26,27)28)5-4-6-18(21)25;1-6-4-2-3-5-6/h3-6,15H,1,7-8,10-14H2,2H3;2-5H2,1H3. The van der Waals surface area contributed by atoms with E-state index in [0.717, 1.165) is 23.8 Å². The Kier molecular flexibility index (Phi) is 9.88. The molecule has 3 aliphatic heterocycles. The molecule has 1 amide bonds. The van der Waals surface area contributed by atoms with E-state index in [1.807, 2.05) is 4.90 Å². The molecule has 2 aromatic rings. The second kappa shape index (κ2) is 13.4. The van der Waals surface area contributed by atoms with Crippen molar-refractivity contribution in [2.24, 2.45) is 0 Å². The van der Waals surface area contributed by atoms with Gasteiger partial charge in [0.15, 0.2) is 0 Å². The first kappa shape index (κ1) is 31.0. The van der Waals surface area contributed by atoms with Gasteiger partial charge in [-0.1, -0.05) is 12.6 Å². The van der Waals surface area contributed by atoms with Crippen LogP contribution in [0, 0.1) is 17.1 Å². The van der Waals surface area contributed by atoms with Crippen LogP contribution < -0.4 is 14.5 Å². The molecule has 0 bridgehead atoms. The fraction of sp³-hybridized carbons (Fsp3) is 0.517. The molecule has 1 atom stereocenters. The van der Waals surface area contributed by atoms with Gasteiger partial charge in [0.1, 0.15) is 11.6 Å². The van der Waals surface area contributed by atoms with E-state index in [2.05, 4.69) is 34.6 Å². The summed E-state index contributed by atoms with van der Waals surface area (Å²) >= 11 is 0. The van der Waals surface area contributed by atoms with Crippen molar-refractivity contribution in [2.75, 3.05) is 63.2 Å². The van der Waals surface area contributed by atoms with Crippen LogP contribution in [0.15, 0.2) is 30.9 Å². The van der Waals surface area contributed by atoms with Gasteiger partial charge in [-0.25, -0.2) is 4.39 Å². The highest BCUT2D eigenvalue weighted by Crippen LogP contribution is 2.40. The van der Waals surface area contributed by atoms with Crippen molar-refractivity contribution in [1.82, 2.24) is 19.8 Å². The number of ether oxygens (including phenoxy) is 1. The van der Waals surface area contributed by atoms with E-state index in [1.54, 1.807) is 4.90 Å². The van der Waals surface area contributed by atoms with Crippen LogP contribution in [-0.2, 0) is 23.9 Å². The monoisotopic (exact) mass is 589 g/mol. The van der Waals surface area contributed by atoms with E-state index in [1.165, 1.54) is 44.0 Å². The van der Waals surface area contributed by atoms with Gasteiger partial charge in [-0.05, 0) is 57.6 Å². The van der Waals surface area contributed by atoms with Crippen molar-refractivity contribution in [3.05, 3.63) is 53.5 Å². The summed E-state index contributed by atoms with van der Waals surface area (Å²) in [5.74, 6) is -0.690. The molecule has 9 nitrogen and oxygen atoms in total. The van der Waals surface area contributed by atoms with Crippen LogP contribution in [0.25, 0.3) is 0 Å². The van der Waals surface area contributed by atoms with Gasteiger partial charge in [-0.2, -0.15) is 28.4 Å². The average Bonchev–Trinajstić information content (AvgIpc) is 3.46. The maximum Gasteiger partial charge on any atom is 0.418 e. The number of hydrogen-bond acceptors (Lipinski definition) is 8. The van der Waals surface area contributed by atoms with Crippen LogP contribution in [0.1, 0.15) is 36.1 Å². The number of aromatic nitrogens is 2. The van der Waals surface area contributed by atoms with Crippen LogP contribution in [0.3, 0.4) is 0 Å². The molecule has 0 radical (unpaired) electrons. The predicted octanol–water partition coefficient (Wildman–Crippen LogP) is 4.03. The third kappa shape index (κ3) is 6.92. The molecule has 226 valence electrons. The molecule has 4 heterocycles. The maximum atomic E-state index is 14.6. The zero-order chi connectivity index (χ0) is 30.4. The number of rotatable bonds is 5. The lowest BCUT2D eigenvalue weighted by atomic mass is 10.0. The first-order chi connectivity index (χ1) is 20.1. The van der Waals surface area contributed by atoms with E-state index in [0.29, 0.717) is 31.1 Å². The van der Waals surface area contributed by atoms with E-state index >= 15 is 0 Å². The molecule has 2 saturated heterocycles. The van der Waals surface area contributed by atoms with E-state index in [9.17, 15) is 27.6 Å². The number of alkyl halides is 3. The van der Waals surface area contributed by atoms with Gasteiger partial charge in [0.05, 0.1) is 49.1 Å². The molecule has 0 spiro atoms. The minimum absolute atomic E-state index is 0.0246. The van der Waals surface area contributed by atoms with Gasteiger partial charge >= 0.3 is 12.2 Å². The highest BCUT2D eigenvalue weighted by atomic mass is 19.4. The molecule has 3 aliphatic rings. The van der Waals surface area contributed by atoms with Gasteiger partial charge < -0.3 is 24.3 Å². The third-order valence-electron chi connectivity index (χ3n) is 7.71. The maximum absolute atomic E-state index is 14.6. The number of hydrogen-bond donors (Lipinski definition) is 0. The average molecular weight is 590 g/mol. The van der Waals surface area contributed by atoms with Crippen LogP contribution in [0.5, 0.6) is 6.01 Å². The molecule has 1 aromatic carbocycles. The number of fused-ring (bicyclic) bond motifs is 1. The second-order valence-corrected chi connectivity index (χ2v) is 10.5. The quantitative estimate of drug-likeness (QED) is 0.382. The molecule has 0 aliphatic carbocycles. The van der Waals surface area contributed by atoms with Crippen LogP contribution in [-0.4, -0.2) is 85.1 Å². The van der Waals surface area contributed by atoms with Gasteiger partial charge in [0.25, 0.3) is 0 Å². The molecule has 1 unspecified atom stereocenters. The summed E-state index contributed by atoms with van der Waals surface area (Å²) in [6.07, 6.45) is -0.295. The van der Waals surface area contributed by atoms with E-state index in [-0.39, 0.29) is 37.8 Å². The number of amides is 1. The van der Waals surface area contributed by atoms with Crippen molar-refractivity contribution >= 4 is 17.4 Å². The molecular formula is C29H35F4N7O2. The summed E-state index contributed by atoms with van der Waals surface area (Å²) in [4.78, 5) is 28.3. The number of benzene rings is 1. The molecule has 2 fully saturated rings. The van der Waals surface area contributed by atoms with Gasteiger partial charge in [0.2, 0.25) is 5.91 Å². The van der Waals surface area contributed by atoms with E-state index < -0.39 is 29.3 Å². The van der Waals surface area contributed by atoms with Crippen LogP contribution in [0.2, 0.25) is 0 Å². The van der Waals surface area contributed by atoms with Gasteiger partial charge in [0, 0.05) is 31.7 Å². The zero-order valence-corrected chi connectivity index (χ0v) is 23.8. The number of para-hydroxylation sites is 1. The molecule has 0 N–H and O–H groups in total. The lowest BCUT2D eigenvalue weighted by Crippen LogP contribution is -2.55. The third-order valence-corrected chi connectivity index (χ3v) is 7.71. The number of piperazine rings is 1. The van der Waals surface area contributed by atoms with E-state index in [4.69, 9.17) is 4.74 Å². The lowest BCUT2D eigenvalue weighted by Gasteiger charge is -2.42.